The molecule has 104 valence electrons. The van der Waals surface area contributed by atoms with Gasteiger partial charge in [0, 0.05) is 19.0 Å². The monoisotopic (exact) mass is 286 g/mol. The molecular formula is C16H18N2OS. The summed E-state index contributed by atoms with van der Waals surface area (Å²) < 4.78 is 5.67. The predicted octanol–water partition coefficient (Wildman–Crippen LogP) is 3.87. The standard InChI is InChI=1S/C16H18N2OS/c1-3-19-15-11-18(2)16(20-15)17-14-10-6-8-12-7-4-5-9-13(12)14/h4-10,15H,3,11H2,1-2H3. The molecule has 0 aliphatic carbocycles. The van der Waals surface area contributed by atoms with Crippen LogP contribution in [0.1, 0.15) is 6.92 Å². The number of aliphatic imine (C=N–C) groups is 1. The van der Waals surface area contributed by atoms with E-state index in [9.17, 15) is 0 Å². The van der Waals surface area contributed by atoms with E-state index in [1.165, 1.54) is 10.8 Å². The van der Waals surface area contributed by atoms with Crippen LogP contribution in [0.3, 0.4) is 0 Å². The van der Waals surface area contributed by atoms with E-state index in [2.05, 4.69) is 54.4 Å². The third-order valence-electron chi connectivity index (χ3n) is 3.32. The van der Waals surface area contributed by atoms with E-state index in [1.807, 2.05) is 6.92 Å². The summed E-state index contributed by atoms with van der Waals surface area (Å²) in [6, 6.07) is 14.6. The molecule has 0 radical (unpaired) electrons. The molecule has 2 aromatic rings. The van der Waals surface area contributed by atoms with Crippen molar-refractivity contribution in [2.45, 2.75) is 12.4 Å². The molecule has 3 rings (SSSR count). The summed E-state index contributed by atoms with van der Waals surface area (Å²) in [5.41, 5.74) is 1.22. The number of hydrogen-bond donors (Lipinski definition) is 0. The van der Waals surface area contributed by atoms with Gasteiger partial charge in [-0.1, -0.05) is 48.2 Å². The average molecular weight is 286 g/mol. The number of benzene rings is 2. The van der Waals surface area contributed by atoms with E-state index in [1.54, 1.807) is 11.8 Å². The van der Waals surface area contributed by atoms with Crippen molar-refractivity contribution in [1.82, 2.24) is 4.90 Å². The van der Waals surface area contributed by atoms with Gasteiger partial charge >= 0.3 is 0 Å². The van der Waals surface area contributed by atoms with Crippen molar-refractivity contribution < 1.29 is 4.74 Å². The minimum absolute atomic E-state index is 0.193. The second-order valence-corrected chi connectivity index (χ2v) is 5.90. The molecule has 1 atom stereocenters. The summed E-state index contributed by atoms with van der Waals surface area (Å²) in [5, 5.41) is 3.44. The number of fused-ring (bicyclic) bond motifs is 1. The van der Waals surface area contributed by atoms with Crippen LogP contribution >= 0.6 is 11.8 Å². The van der Waals surface area contributed by atoms with Crippen LogP contribution in [0.4, 0.5) is 5.69 Å². The zero-order chi connectivity index (χ0) is 13.9. The Kier molecular flexibility index (Phi) is 3.94. The molecule has 1 aliphatic heterocycles. The molecule has 0 bridgehead atoms. The van der Waals surface area contributed by atoms with Gasteiger partial charge in [-0.3, -0.25) is 0 Å². The largest absolute Gasteiger partial charge is 0.366 e. The first kappa shape index (κ1) is 13.5. The number of likely N-dealkylation sites (N-methyl/N-ethyl adjacent to an activating group) is 1. The highest BCUT2D eigenvalue weighted by atomic mass is 32.2. The molecule has 1 unspecified atom stereocenters. The van der Waals surface area contributed by atoms with Crippen molar-refractivity contribution in [3.63, 3.8) is 0 Å². The van der Waals surface area contributed by atoms with Gasteiger partial charge in [0.25, 0.3) is 0 Å². The lowest BCUT2D eigenvalue weighted by Crippen LogP contribution is -2.21. The summed E-state index contributed by atoms with van der Waals surface area (Å²) in [4.78, 5) is 6.98. The number of thioether (sulfide) groups is 1. The van der Waals surface area contributed by atoms with Gasteiger partial charge in [0.05, 0.1) is 12.2 Å². The molecule has 2 aromatic carbocycles. The van der Waals surface area contributed by atoms with Gasteiger partial charge < -0.3 is 9.64 Å². The highest BCUT2D eigenvalue weighted by Gasteiger charge is 2.26. The Balaban J connectivity index is 1.94. The maximum Gasteiger partial charge on any atom is 0.166 e. The second-order valence-electron chi connectivity index (χ2n) is 4.78. The van der Waals surface area contributed by atoms with E-state index in [4.69, 9.17) is 9.73 Å². The van der Waals surface area contributed by atoms with E-state index in [-0.39, 0.29) is 5.44 Å². The molecule has 1 saturated heterocycles. The third-order valence-corrected chi connectivity index (χ3v) is 4.48. The molecule has 3 nitrogen and oxygen atoms in total. The SMILES string of the molecule is CCOC1CN(C)C(=Nc2cccc3ccccc23)S1. The highest BCUT2D eigenvalue weighted by Crippen LogP contribution is 2.31. The number of ether oxygens (including phenoxy) is 1. The number of nitrogens with zero attached hydrogens (tertiary/aromatic N) is 2. The second kappa shape index (κ2) is 5.85. The van der Waals surface area contributed by atoms with Crippen molar-refractivity contribution in [3.05, 3.63) is 42.5 Å². The van der Waals surface area contributed by atoms with Crippen molar-refractivity contribution >= 4 is 33.4 Å². The molecule has 4 heteroatoms. The molecular weight excluding hydrogens is 268 g/mol. The molecule has 0 amide bonds. The fraction of sp³-hybridized carbons (Fsp3) is 0.312. The third kappa shape index (κ3) is 2.67. The van der Waals surface area contributed by atoms with Gasteiger partial charge in [0.1, 0.15) is 5.44 Å². The Bertz CT molecular complexity index is 636. The first-order valence-electron chi connectivity index (χ1n) is 6.84. The fourth-order valence-electron chi connectivity index (χ4n) is 2.34. The molecule has 1 aliphatic rings. The van der Waals surface area contributed by atoms with Gasteiger partial charge in [0.15, 0.2) is 5.17 Å². The Morgan fingerprint density at radius 2 is 2.05 bits per heavy atom. The van der Waals surface area contributed by atoms with Gasteiger partial charge in [-0.05, 0) is 18.4 Å². The Labute approximate surface area is 123 Å². The zero-order valence-corrected chi connectivity index (χ0v) is 12.6. The Hall–Kier alpha value is -1.52. The van der Waals surface area contributed by atoms with E-state index < -0.39 is 0 Å². The molecule has 1 fully saturated rings. The maximum atomic E-state index is 5.67. The summed E-state index contributed by atoms with van der Waals surface area (Å²) >= 11 is 1.70. The average Bonchev–Trinajstić information content (AvgIpc) is 2.80. The lowest BCUT2D eigenvalue weighted by Gasteiger charge is -2.10. The minimum atomic E-state index is 0.193. The number of hydrogen-bond acceptors (Lipinski definition) is 3. The smallest absolute Gasteiger partial charge is 0.166 e. The lowest BCUT2D eigenvalue weighted by molar-refractivity contribution is 0.117. The molecule has 1 heterocycles. The first-order valence-corrected chi connectivity index (χ1v) is 7.71. The van der Waals surface area contributed by atoms with Gasteiger partial charge in [0.2, 0.25) is 0 Å². The summed E-state index contributed by atoms with van der Waals surface area (Å²) in [5.74, 6) is 0. The lowest BCUT2D eigenvalue weighted by atomic mass is 10.1. The number of amidine groups is 1. The van der Waals surface area contributed by atoms with Crippen LogP contribution in [0.15, 0.2) is 47.5 Å². The number of rotatable bonds is 3. The van der Waals surface area contributed by atoms with Gasteiger partial charge in [-0.15, -0.1) is 0 Å². The van der Waals surface area contributed by atoms with Crippen LogP contribution < -0.4 is 0 Å². The quantitative estimate of drug-likeness (QED) is 0.856. The van der Waals surface area contributed by atoms with E-state index in [0.29, 0.717) is 0 Å². The minimum Gasteiger partial charge on any atom is -0.366 e. The molecule has 0 aromatic heterocycles. The maximum absolute atomic E-state index is 5.67. The Morgan fingerprint density at radius 1 is 1.25 bits per heavy atom. The van der Waals surface area contributed by atoms with Gasteiger partial charge in [-0.2, -0.15) is 0 Å². The van der Waals surface area contributed by atoms with Crippen LogP contribution in [0.5, 0.6) is 0 Å². The molecule has 0 saturated carbocycles. The molecule has 20 heavy (non-hydrogen) atoms. The first-order chi connectivity index (χ1) is 9.78. The highest BCUT2D eigenvalue weighted by molar-refractivity contribution is 8.14. The van der Waals surface area contributed by atoms with Crippen molar-refractivity contribution in [2.75, 3.05) is 20.2 Å². The normalized spacial score (nSPS) is 21.0. The molecule has 0 N–H and O–H groups in total. The van der Waals surface area contributed by atoms with Crippen LogP contribution in [-0.2, 0) is 4.74 Å². The van der Waals surface area contributed by atoms with Crippen LogP contribution in [-0.4, -0.2) is 35.7 Å². The Morgan fingerprint density at radius 3 is 2.90 bits per heavy atom. The topological polar surface area (TPSA) is 24.8 Å². The van der Waals surface area contributed by atoms with Gasteiger partial charge in [-0.25, -0.2) is 4.99 Å². The van der Waals surface area contributed by atoms with Crippen LogP contribution in [0.2, 0.25) is 0 Å². The van der Waals surface area contributed by atoms with Crippen LogP contribution in [0, 0.1) is 0 Å². The van der Waals surface area contributed by atoms with Crippen molar-refractivity contribution in [2.24, 2.45) is 4.99 Å². The zero-order valence-electron chi connectivity index (χ0n) is 11.7. The summed E-state index contributed by atoms with van der Waals surface area (Å²) in [6.07, 6.45) is 0. The van der Waals surface area contributed by atoms with Crippen LogP contribution in [0.25, 0.3) is 10.8 Å². The predicted molar refractivity (Wildman–Crippen MR) is 86.7 cm³/mol. The van der Waals surface area contributed by atoms with Crippen molar-refractivity contribution in [1.29, 1.82) is 0 Å². The van der Waals surface area contributed by atoms with Crippen molar-refractivity contribution in [3.8, 4) is 0 Å². The van der Waals surface area contributed by atoms with E-state index >= 15 is 0 Å². The van der Waals surface area contributed by atoms with E-state index in [0.717, 1.165) is 24.0 Å². The fourth-order valence-corrected chi connectivity index (χ4v) is 3.48. The molecule has 0 spiro atoms. The summed E-state index contributed by atoms with van der Waals surface area (Å²) in [7, 11) is 2.07. The summed E-state index contributed by atoms with van der Waals surface area (Å²) in [6.45, 7) is 3.66.